The zero-order valence-electron chi connectivity index (χ0n) is 13.2. The number of carbonyl (C=O) groups is 2. The normalized spacial score (nSPS) is 23.0. The first-order valence-corrected chi connectivity index (χ1v) is 7.88. The van der Waals surface area contributed by atoms with Crippen molar-refractivity contribution < 1.29 is 24.2 Å². The molecule has 6 heteroatoms. The number of aliphatic hydroxyl groups is 1. The van der Waals surface area contributed by atoms with E-state index < -0.39 is 5.60 Å². The first kappa shape index (κ1) is 15.8. The maximum Gasteiger partial charge on any atom is 0.223 e. The molecule has 124 valence electrons. The molecule has 1 saturated heterocycles. The lowest BCUT2D eigenvalue weighted by atomic mass is 10.1. The fraction of sp³-hybridized carbons (Fsp3) is 0.529. The summed E-state index contributed by atoms with van der Waals surface area (Å²) >= 11 is 0. The minimum atomic E-state index is -0.810. The van der Waals surface area contributed by atoms with E-state index in [1.165, 1.54) is 0 Å². The van der Waals surface area contributed by atoms with Crippen molar-refractivity contribution in [1.82, 2.24) is 4.90 Å². The van der Waals surface area contributed by atoms with Gasteiger partial charge in [0, 0.05) is 31.5 Å². The third-order valence-corrected chi connectivity index (χ3v) is 4.23. The Morgan fingerprint density at radius 3 is 2.65 bits per heavy atom. The van der Waals surface area contributed by atoms with Crippen molar-refractivity contribution in [2.75, 3.05) is 26.3 Å². The van der Waals surface area contributed by atoms with Crippen LogP contribution in [0.3, 0.4) is 0 Å². The van der Waals surface area contributed by atoms with Gasteiger partial charge in [0.15, 0.2) is 17.3 Å². The molecule has 6 nitrogen and oxygen atoms in total. The van der Waals surface area contributed by atoms with Gasteiger partial charge in [-0.25, -0.2) is 0 Å². The number of rotatable bonds is 4. The zero-order valence-corrected chi connectivity index (χ0v) is 13.2. The Kier molecular flexibility index (Phi) is 4.26. The number of β-amino-alcohol motifs (C(OH)–C–C–N with tert-alkyl or cyclic N) is 1. The number of ether oxygens (including phenoxy) is 2. The maximum atomic E-state index is 12.3. The largest absolute Gasteiger partial charge is 0.486 e. The first-order chi connectivity index (χ1) is 10.9. The van der Waals surface area contributed by atoms with E-state index in [4.69, 9.17) is 9.47 Å². The molecule has 3 rings (SSSR count). The van der Waals surface area contributed by atoms with Crippen LogP contribution in [0, 0.1) is 0 Å². The fourth-order valence-corrected chi connectivity index (χ4v) is 2.90. The number of likely N-dealkylation sites (tertiary alicyclic amines) is 1. The highest BCUT2D eigenvalue weighted by atomic mass is 16.6. The monoisotopic (exact) mass is 319 g/mol. The predicted molar refractivity (Wildman–Crippen MR) is 82.8 cm³/mol. The Hall–Kier alpha value is -2.08. The highest BCUT2D eigenvalue weighted by Gasteiger charge is 2.33. The number of amides is 1. The second-order valence-electron chi connectivity index (χ2n) is 6.34. The van der Waals surface area contributed by atoms with Crippen LogP contribution in [0.25, 0.3) is 0 Å². The number of Topliss-reactive ketones (excluding diaryl/α,β-unsaturated/α-hetero) is 1. The van der Waals surface area contributed by atoms with Crippen molar-refractivity contribution in [3.8, 4) is 11.5 Å². The van der Waals surface area contributed by atoms with Gasteiger partial charge in [-0.3, -0.25) is 9.59 Å². The van der Waals surface area contributed by atoms with E-state index in [1.807, 2.05) is 0 Å². The number of nitrogens with zero attached hydrogens (tertiary/aromatic N) is 1. The third kappa shape index (κ3) is 3.64. The van der Waals surface area contributed by atoms with Crippen LogP contribution in [-0.4, -0.2) is 53.6 Å². The molecule has 1 fully saturated rings. The highest BCUT2D eigenvalue weighted by molar-refractivity contribution is 5.98. The van der Waals surface area contributed by atoms with Gasteiger partial charge >= 0.3 is 0 Å². The summed E-state index contributed by atoms with van der Waals surface area (Å²) in [5.41, 5.74) is -0.286. The van der Waals surface area contributed by atoms with Crippen LogP contribution in [0.1, 0.15) is 36.5 Å². The summed E-state index contributed by atoms with van der Waals surface area (Å²) in [6, 6.07) is 5.09. The van der Waals surface area contributed by atoms with Gasteiger partial charge in [0.2, 0.25) is 5.91 Å². The minimum absolute atomic E-state index is 0.0892. The molecule has 1 amide bonds. The van der Waals surface area contributed by atoms with Crippen LogP contribution in [0.2, 0.25) is 0 Å². The molecule has 0 bridgehead atoms. The van der Waals surface area contributed by atoms with E-state index in [0.717, 1.165) is 0 Å². The van der Waals surface area contributed by atoms with E-state index in [2.05, 4.69) is 0 Å². The molecule has 1 atom stereocenters. The molecule has 0 saturated carbocycles. The molecule has 0 aromatic heterocycles. The van der Waals surface area contributed by atoms with Crippen LogP contribution in [-0.2, 0) is 4.79 Å². The summed E-state index contributed by atoms with van der Waals surface area (Å²) in [6.07, 6.45) is 0.884. The van der Waals surface area contributed by atoms with E-state index in [-0.39, 0.29) is 24.5 Å². The molecule has 1 aromatic carbocycles. The van der Waals surface area contributed by atoms with Crippen molar-refractivity contribution in [3.63, 3.8) is 0 Å². The molecule has 2 aliphatic heterocycles. The molecule has 0 radical (unpaired) electrons. The maximum absolute atomic E-state index is 12.3. The minimum Gasteiger partial charge on any atom is -0.486 e. The number of hydrogen-bond acceptors (Lipinski definition) is 5. The SMILES string of the molecule is CC1(O)CCN(C(=O)CCC(=O)c2ccc3c(c2)OCCO3)C1. The molecule has 2 aliphatic rings. The number of fused-ring (bicyclic) bond motifs is 1. The lowest BCUT2D eigenvalue weighted by Gasteiger charge is -2.19. The van der Waals surface area contributed by atoms with Crippen molar-refractivity contribution in [3.05, 3.63) is 23.8 Å². The number of hydrogen-bond donors (Lipinski definition) is 1. The molecule has 1 unspecified atom stereocenters. The average Bonchev–Trinajstić information content (AvgIpc) is 2.92. The van der Waals surface area contributed by atoms with Gasteiger partial charge in [-0.2, -0.15) is 0 Å². The van der Waals surface area contributed by atoms with E-state index in [9.17, 15) is 14.7 Å². The molecule has 2 heterocycles. The number of ketones is 1. The van der Waals surface area contributed by atoms with Crippen LogP contribution >= 0.6 is 0 Å². The molecule has 23 heavy (non-hydrogen) atoms. The molecular weight excluding hydrogens is 298 g/mol. The van der Waals surface area contributed by atoms with Crippen LogP contribution < -0.4 is 9.47 Å². The van der Waals surface area contributed by atoms with Gasteiger partial charge in [-0.15, -0.1) is 0 Å². The van der Waals surface area contributed by atoms with E-state index >= 15 is 0 Å². The lowest BCUT2D eigenvalue weighted by molar-refractivity contribution is -0.131. The average molecular weight is 319 g/mol. The van der Waals surface area contributed by atoms with Crippen molar-refractivity contribution >= 4 is 11.7 Å². The molecule has 0 spiro atoms. The summed E-state index contributed by atoms with van der Waals surface area (Å²) in [6.45, 7) is 3.58. The van der Waals surface area contributed by atoms with E-state index in [1.54, 1.807) is 30.0 Å². The van der Waals surface area contributed by atoms with Gasteiger partial charge in [-0.05, 0) is 31.5 Å². The van der Waals surface area contributed by atoms with Crippen LogP contribution in [0.4, 0.5) is 0 Å². The molecular formula is C17H21NO5. The predicted octanol–water partition coefficient (Wildman–Crippen LogP) is 1.40. The Morgan fingerprint density at radius 1 is 1.22 bits per heavy atom. The summed E-state index contributed by atoms with van der Waals surface area (Å²) in [4.78, 5) is 26.0. The first-order valence-electron chi connectivity index (χ1n) is 7.88. The topological polar surface area (TPSA) is 76.1 Å². The summed E-state index contributed by atoms with van der Waals surface area (Å²) in [7, 11) is 0. The Balaban J connectivity index is 1.56. The Bertz CT molecular complexity index is 625. The zero-order chi connectivity index (χ0) is 16.4. The smallest absolute Gasteiger partial charge is 0.223 e. The van der Waals surface area contributed by atoms with Gasteiger partial charge in [0.25, 0.3) is 0 Å². The molecule has 1 N–H and O–H groups in total. The Morgan fingerprint density at radius 2 is 1.96 bits per heavy atom. The molecule has 1 aromatic rings. The lowest BCUT2D eigenvalue weighted by Crippen LogP contribution is -2.34. The third-order valence-electron chi connectivity index (χ3n) is 4.23. The summed E-state index contributed by atoms with van der Waals surface area (Å²) < 4.78 is 10.9. The quantitative estimate of drug-likeness (QED) is 0.849. The summed E-state index contributed by atoms with van der Waals surface area (Å²) in [5.74, 6) is 1.03. The summed E-state index contributed by atoms with van der Waals surface area (Å²) in [5, 5.41) is 9.90. The number of benzene rings is 1. The van der Waals surface area contributed by atoms with Gasteiger partial charge in [-0.1, -0.05) is 0 Å². The van der Waals surface area contributed by atoms with Crippen molar-refractivity contribution in [2.45, 2.75) is 31.8 Å². The van der Waals surface area contributed by atoms with Gasteiger partial charge in [0.1, 0.15) is 13.2 Å². The van der Waals surface area contributed by atoms with Crippen LogP contribution in [0.5, 0.6) is 11.5 Å². The fourth-order valence-electron chi connectivity index (χ4n) is 2.90. The second-order valence-corrected chi connectivity index (χ2v) is 6.34. The highest BCUT2D eigenvalue weighted by Crippen LogP contribution is 2.31. The Labute approximate surface area is 135 Å². The second kappa shape index (κ2) is 6.20. The molecule has 0 aliphatic carbocycles. The van der Waals surface area contributed by atoms with E-state index in [0.29, 0.717) is 49.8 Å². The van der Waals surface area contributed by atoms with Crippen molar-refractivity contribution in [2.24, 2.45) is 0 Å². The van der Waals surface area contributed by atoms with Crippen molar-refractivity contribution in [1.29, 1.82) is 0 Å². The van der Waals surface area contributed by atoms with Gasteiger partial charge in [0.05, 0.1) is 5.60 Å². The number of carbonyl (C=O) groups excluding carboxylic acids is 2. The van der Waals surface area contributed by atoms with Gasteiger partial charge < -0.3 is 19.5 Å². The standard InChI is InChI=1S/C17H21NO5/c1-17(21)6-7-18(11-17)16(20)5-3-13(19)12-2-4-14-15(10-12)23-9-8-22-14/h2,4,10,21H,3,5-9,11H2,1H3. The van der Waals surface area contributed by atoms with Crippen LogP contribution in [0.15, 0.2) is 18.2 Å².